The van der Waals surface area contributed by atoms with Gasteiger partial charge in [-0.15, -0.1) is 0 Å². The van der Waals surface area contributed by atoms with E-state index in [0.717, 1.165) is 58.5 Å². The van der Waals surface area contributed by atoms with Gasteiger partial charge in [-0.05, 0) is 71.2 Å². The molecule has 11 heteroatoms. The molecule has 286 valence electrons. The standard InChI is InChI=1S/C43H50ClN3O7/c44-36-20-18-35(19-21-36)43(51)22-24-47(25-23-43)28-37-26-39(32-12-10-30(29-48)11-13-32)54-42(53-37)33-16-14-31(15-17-33)38-7-5-4-6-34(38)27-45-40(49)8-2-1-3-9-41(50)46-52/h4-7,10-21,37,39,42,48,51-52H,1-3,8-9,22-29H2,(H,45,49)(H,46,50)/t37-,39+,42+/m0/s1. The molecule has 2 aliphatic heterocycles. The minimum Gasteiger partial charge on any atom is -0.392 e. The zero-order valence-electron chi connectivity index (χ0n) is 30.5. The second-order valence-corrected chi connectivity index (χ2v) is 14.8. The van der Waals surface area contributed by atoms with E-state index in [-0.39, 0.29) is 31.1 Å². The van der Waals surface area contributed by atoms with E-state index in [1.807, 2.05) is 84.9 Å². The van der Waals surface area contributed by atoms with Crippen molar-refractivity contribution < 1.29 is 34.5 Å². The van der Waals surface area contributed by atoms with E-state index >= 15 is 0 Å². The second-order valence-electron chi connectivity index (χ2n) is 14.3. The number of aliphatic hydroxyl groups excluding tert-OH is 1. The number of aliphatic hydroxyl groups is 2. The number of likely N-dealkylation sites (tertiary alicyclic amines) is 1. The number of piperidine rings is 1. The number of hydrogen-bond donors (Lipinski definition) is 5. The van der Waals surface area contributed by atoms with Gasteiger partial charge < -0.3 is 29.9 Å². The first-order valence-corrected chi connectivity index (χ1v) is 19.2. The predicted octanol–water partition coefficient (Wildman–Crippen LogP) is 7.10. The van der Waals surface area contributed by atoms with Gasteiger partial charge in [-0.2, -0.15) is 0 Å². The Morgan fingerprint density at radius 2 is 1.48 bits per heavy atom. The fourth-order valence-electron chi connectivity index (χ4n) is 7.34. The van der Waals surface area contributed by atoms with Crippen molar-refractivity contribution in [1.29, 1.82) is 0 Å². The van der Waals surface area contributed by atoms with Crippen LogP contribution < -0.4 is 10.8 Å². The van der Waals surface area contributed by atoms with Crippen molar-refractivity contribution in [3.8, 4) is 11.1 Å². The number of hydroxylamine groups is 1. The van der Waals surface area contributed by atoms with E-state index in [9.17, 15) is 19.8 Å². The van der Waals surface area contributed by atoms with E-state index in [4.69, 9.17) is 26.3 Å². The number of amides is 2. The summed E-state index contributed by atoms with van der Waals surface area (Å²) in [4.78, 5) is 26.1. The van der Waals surface area contributed by atoms with Crippen molar-refractivity contribution in [2.75, 3.05) is 19.6 Å². The topological polar surface area (TPSA) is 141 Å². The normalized spacial score (nSPS) is 20.0. The Kier molecular flexibility index (Phi) is 13.9. The fourth-order valence-corrected chi connectivity index (χ4v) is 7.46. The summed E-state index contributed by atoms with van der Waals surface area (Å²) in [7, 11) is 0. The highest BCUT2D eigenvalue weighted by atomic mass is 35.5. The molecule has 4 aromatic carbocycles. The molecular weight excluding hydrogens is 706 g/mol. The maximum Gasteiger partial charge on any atom is 0.243 e. The lowest BCUT2D eigenvalue weighted by Crippen LogP contribution is -2.46. The van der Waals surface area contributed by atoms with Crippen LogP contribution in [0.1, 0.15) is 91.6 Å². The van der Waals surface area contributed by atoms with Crippen LogP contribution in [0.15, 0.2) is 97.1 Å². The van der Waals surface area contributed by atoms with Crippen molar-refractivity contribution in [2.45, 2.75) is 88.6 Å². The molecule has 0 radical (unpaired) electrons. The lowest BCUT2D eigenvalue weighted by atomic mass is 9.84. The van der Waals surface area contributed by atoms with Crippen LogP contribution in [-0.4, -0.2) is 57.9 Å². The molecule has 3 atom stereocenters. The minimum absolute atomic E-state index is 0.0195. The van der Waals surface area contributed by atoms with Gasteiger partial charge in [0, 0.05) is 56.0 Å². The molecular formula is C43H50ClN3O7. The Hall–Kier alpha value is -4.13. The molecule has 6 rings (SSSR count). The molecule has 4 aromatic rings. The molecule has 10 nitrogen and oxygen atoms in total. The molecule has 2 aliphatic rings. The summed E-state index contributed by atoms with van der Waals surface area (Å²) >= 11 is 6.10. The first-order valence-electron chi connectivity index (χ1n) is 18.8. The summed E-state index contributed by atoms with van der Waals surface area (Å²) < 4.78 is 13.3. The summed E-state index contributed by atoms with van der Waals surface area (Å²) in [6.07, 6.45) is 3.61. The number of carbonyl (C=O) groups excluding carboxylic acids is 2. The molecule has 2 amide bonds. The van der Waals surface area contributed by atoms with Crippen molar-refractivity contribution >= 4 is 23.4 Å². The maximum absolute atomic E-state index is 12.6. The average Bonchev–Trinajstić information content (AvgIpc) is 3.21. The molecule has 0 unspecified atom stereocenters. The number of benzene rings is 4. The summed E-state index contributed by atoms with van der Waals surface area (Å²) in [5.41, 5.74) is 7.45. The summed E-state index contributed by atoms with van der Waals surface area (Å²) in [5, 5.41) is 33.4. The lowest BCUT2D eigenvalue weighted by molar-refractivity contribution is -0.253. The quantitative estimate of drug-likeness (QED) is 0.0492. The number of unbranched alkanes of at least 4 members (excludes halogenated alkanes) is 2. The third-order valence-electron chi connectivity index (χ3n) is 10.6. The zero-order chi connectivity index (χ0) is 37.9. The molecule has 2 saturated heterocycles. The number of rotatable bonds is 15. The predicted molar refractivity (Wildman–Crippen MR) is 206 cm³/mol. The van der Waals surface area contributed by atoms with Gasteiger partial charge in [0.05, 0.1) is 24.4 Å². The number of nitrogens with zero attached hydrogens (tertiary/aromatic N) is 1. The molecule has 0 saturated carbocycles. The van der Waals surface area contributed by atoms with Crippen LogP contribution in [0.4, 0.5) is 0 Å². The van der Waals surface area contributed by atoms with E-state index < -0.39 is 17.8 Å². The first kappa shape index (κ1) is 39.6. The molecule has 0 bridgehead atoms. The van der Waals surface area contributed by atoms with Crippen LogP contribution in [-0.2, 0) is 37.8 Å². The number of nitrogens with one attached hydrogen (secondary N) is 2. The average molecular weight is 756 g/mol. The molecule has 0 spiro atoms. The molecule has 2 fully saturated rings. The Morgan fingerprint density at radius 3 is 2.17 bits per heavy atom. The summed E-state index contributed by atoms with van der Waals surface area (Å²) in [6, 6.07) is 31.6. The van der Waals surface area contributed by atoms with E-state index in [2.05, 4.69) is 22.3 Å². The van der Waals surface area contributed by atoms with Gasteiger partial charge >= 0.3 is 0 Å². The van der Waals surface area contributed by atoms with E-state index in [0.29, 0.717) is 56.6 Å². The Labute approximate surface area is 322 Å². The second kappa shape index (κ2) is 19.0. The lowest BCUT2D eigenvalue weighted by Gasteiger charge is -2.42. The van der Waals surface area contributed by atoms with Gasteiger partial charge in [-0.1, -0.05) is 103 Å². The number of carbonyl (C=O) groups is 2. The monoisotopic (exact) mass is 755 g/mol. The van der Waals surface area contributed by atoms with Gasteiger partial charge in [0.25, 0.3) is 0 Å². The summed E-state index contributed by atoms with van der Waals surface area (Å²) in [6.45, 7) is 2.56. The number of hydrogen-bond acceptors (Lipinski definition) is 8. The van der Waals surface area contributed by atoms with Gasteiger partial charge in [0.15, 0.2) is 6.29 Å². The van der Waals surface area contributed by atoms with Gasteiger partial charge in [-0.25, -0.2) is 5.48 Å². The van der Waals surface area contributed by atoms with Crippen LogP contribution in [0.25, 0.3) is 11.1 Å². The SMILES string of the molecule is O=C(CCCCCC(=O)NCc1ccccc1-c1ccc([C@@H]2O[C@H](CN3CCC(O)(c4ccc(Cl)cc4)CC3)C[C@H](c3ccc(CO)cc3)O2)cc1)NO. The minimum atomic E-state index is -0.883. The van der Waals surface area contributed by atoms with Crippen LogP contribution in [0.2, 0.25) is 5.02 Å². The smallest absolute Gasteiger partial charge is 0.243 e. The third kappa shape index (κ3) is 10.5. The van der Waals surface area contributed by atoms with Crippen LogP contribution >= 0.6 is 11.6 Å². The Balaban J connectivity index is 1.10. The zero-order valence-corrected chi connectivity index (χ0v) is 31.2. The highest BCUT2D eigenvalue weighted by molar-refractivity contribution is 6.30. The Bertz CT molecular complexity index is 1810. The molecule has 5 N–H and O–H groups in total. The molecule has 2 heterocycles. The van der Waals surface area contributed by atoms with Crippen molar-refractivity contribution in [3.63, 3.8) is 0 Å². The van der Waals surface area contributed by atoms with Crippen molar-refractivity contribution in [2.24, 2.45) is 0 Å². The van der Waals surface area contributed by atoms with E-state index in [1.165, 1.54) is 0 Å². The maximum atomic E-state index is 12.6. The molecule has 54 heavy (non-hydrogen) atoms. The number of ether oxygens (including phenoxy) is 2. The highest BCUT2D eigenvalue weighted by Crippen LogP contribution is 2.40. The van der Waals surface area contributed by atoms with Crippen molar-refractivity contribution in [1.82, 2.24) is 15.7 Å². The third-order valence-corrected chi connectivity index (χ3v) is 10.8. The van der Waals surface area contributed by atoms with Crippen LogP contribution in [0.5, 0.6) is 0 Å². The molecule has 0 aliphatic carbocycles. The largest absolute Gasteiger partial charge is 0.392 e. The van der Waals surface area contributed by atoms with Crippen LogP contribution in [0.3, 0.4) is 0 Å². The van der Waals surface area contributed by atoms with Gasteiger partial charge in [0.2, 0.25) is 11.8 Å². The van der Waals surface area contributed by atoms with Crippen molar-refractivity contribution in [3.05, 3.63) is 130 Å². The number of halogens is 1. The highest BCUT2D eigenvalue weighted by Gasteiger charge is 2.37. The fraction of sp³-hybridized carbons (Fsp3) is 0.395. The van der Waals surface area contributed by atoms with Crippen LogP contribution in [0, 0.1) is 0 Å². The first-order chi connectivity index (χ1) is 26.2. The van der Waals surface area contributed by atoms with Gasteiger partial charge in [0.1, 0.15) is 0 Å². The van der Waals surface area contributed by atoms with Gasteiger partial charge in [-0.3, -0.25) is 14.8 Å². The summed E-state index contributed by atoms with van der Waals surface area (Å²) in [5.74, 6) is -0.462. The molecule has 0 aromatic heterocycles. The van der Waals surface area contributed by atoms with E-state index in [1.54, 1.807) is 5.48 Å². The Morgan fingerprint density at radius 1 is 0.815 bits per heavy atom.